The number of methoxy groups -OCH3 is 3. The van der Waals surface area contributed by atoms with Gasteiger partial charge in [0.15, 0.2) is 11.6 Å². The number of hydrogen-bond acceptors (Lipinski definition) is 5. The Balaban J connectivity index is 1.73. The van der Waals surface area contributed by atoms with Gasteiger partial charge < -0.3 is 24.1 Å². The first-order valence-electron chi connectivity index (χ1n) is 9.99. The summed E-state index contributed by atoms with van der Waals surface area (Å²) in [6.45, 7) is 0.0913. The first-order valence-corrected chi connectivity index (χ1v) is 9.99. The van der Waals surface area contributed by atoms with E-state index in [1.54, 1.807) is 22.8 Å². The average Bonchev–Trinajstić information content (AvgIpc) is 3.64. The van der Waals surface area contributed by atoms with E-state index in [0.717, 1.165) is 18.9 Å². The molecule has 1 heterocycles. The molecule has 1 aromatic heterocycles. The molecule has 9 heteroatoms. The molecule has 4 rings (SSSR count). The summed E-state index contributed by atoms with van der Waals surface area (Å²) in [6, 6.07) is 5.94. The maximum absolute atomic E-state index is 14.3. The summed E-state index contributed by atoms with van der Waals surface area (Å²) in [4.78, 5) is 26.0. The fourth-order valence-corrected chi connectivity index (χ4v) is 3.69. The maximum Gasteiger partial charge on any atom is 0.257 e. The molecule has 3 aromatic rings. The summed E-state index contributed by atoms with van der Waals surface area (Å²) in [5.41, 5.74) is -0.0368. The van der Waals surface area contributed by atoms with Crippen molar-refractivity contribution in [2.24, 2.45) is 0 Å². The maximum atomic E-state index is 14.3. The van der Waals surface area contributed by atoms with Gasteiger partial charge in [0.05, 0.1) is 32.2 Å². The van der Waals surface area contributed by atoms with Crippen molar-refractivity contribution in [3.63, 3.8) is 0 Å². The van der Waals surface area contributed by atoms with Crippen LogP contribution in [-0.2, 0) is 6.54 Å². The average molecular weight is 444 g/mol. The van der Waals surface area contributed by atoms with E-state index in [0.29, 0.717) is 17.1 Å². The molecule has 1 aliphatic carbocycles. The smallest absolute Gasteiger partial charge is 0.257 e. The molecule has 1 saturated carbocycles. The first kappa shape index (κ1) is 21.6. The molecule has 0 unspecified atom stereocenters. The largest absolute Gasteiger partial charge is 0.497 e. The van der Waals surface area contributed by atoms with Crippen LogP contribution in [0.3, 0.4) is 0 Å². The highest BCUT2D eigenvalue weighted by atomic mass is 19.2. The number of carbonyl (C=O) groups is 1. The number of amides is 1. The van der Waals surface area contributed by atoms with Crippen LogP contribution in [0.25, 0.3) is 10.9 Å². The number of carbonyl (C=O) groups excluding carboxylic acids is 1. The van der Waals surface area contributed by atoms with Gasteiger partial charge in [0.25, 0.3) is 5.91 Å². The molecule has 0 atom stereocenters. The van der Waals surface area contributed by atoms with Crippen molar-refractivity contribution in [2.45, 2.75) is 25.4 Å². The summed E-state index contributed by atoms with van der Waals surface area (Å²) in [6.07, 6.45) is 2.98. The third-order valence-electron chi connectivity index (χ3n) is 5.49. The Bertz CT molecular complexity index is 1270. The minimum absolute atomic E-state index is 0.0231. The zero-order chi connectivity index (χ0) is 23.0. The molecule has 1 fully saturated rings. The molecule has 1 aliphatic rings. The van der Waals surface area contributed by atoms with Gasteiger partial charge in [-0.25, -0.2) is 4.39 Å². The molecule has 0 bridgehead atoms. The van der Waals surface area contributed by atoms with E-state index in [-0.39, 0.29) is 34.8 Å². The number of fused-ring (bicyclic) bond motifs is 1. The molecular weight excluding hydrogens is 422 g/mol. The Morgan fingerprint density at radius 1 is 1.12 bits per heavy atom. The van der Waals surface area contributed by atoms with Crippen LogP contribution in [0.15, 0.2) is 35.3 Å². The van der Waals surface area contributed by atoms with Gasteiger partial charge in [-0.15, -0.1) is 0 Å². The van der Waals surface area contributed by atoms with E-state index in [1.807, 2.05) is 0 Å². The van der Waals surface area contributed by atoms with Crippen molar-refractivity contribution < 1.29 is 27.8 Å². The number of halogens is 2. The minimum atomic E-state index is -1.21. The number of aromatic nitrogens is 1. The van der Waals surface area contributed by atoms with Crippen molar-refractivity contribution in [3.05, 3.63) is 63.4 Å². The molecule has 0 spiro atoms. The molecule has 168 valence electrons. The van der Waals surface area contributed by atoms with E-state index in [4.69, 9.17) is 14.2 Å². The summed E-state index contributed by atoms with van der Waals surface area (Å²) in [7, 11) is 4.24. The standard InChI is InChI=1S/C23H22F2N2O5/c1-30-14-7-4-12(18(8-14)31-2)10-26-23(29)16-11-27(13-5-6-13)20-15(21(16)28)9-17(24)19(25)22(20)32-3/h4,7-9,11,13H,5-6,10H2,1-3H3,(H,26,29). The van der Waals surface area contributed by atoms with Crippen LogP contribution in [0.4, 0.5) is 8.78 Å². The predicted octanol–water partition coefficient (Wildman–Crippen LogP) is 3.57. The fraction of sp³-hybridized carbons (Fsp3) is 0.304. The summed E-state index contributed by atoms with van der Waals surface area (Å²) < 4.78 is 45.6. The normalized spacial score (nSPS) is 13.2. The second-order valence-electron chi connectivity index (χ2n) is 7.47. The van der Waals surface area contributed by atoms with Gasteiger partial charge in [0.2, 0.25) is 11.2 Å². The van der Waals surface area contributed by atoms with Crippen LogP contribution in [-0.4, -0.2) is 31.8 Å². The van der Waals surface area contributed by atoms with Crippen molar-refractivity contribution in [3.8, 4) is 17.2 Å². The molecule has 1 amide bonds. The molecule has 32 heavy (non-hydrogen) atoms. The van der Waals surface area contributed by atoms with Crippen LogP contribution >= 0.6 is 0 Å². The highest BCUT2D eigenvalue weighted by Gasteiger charge is 2.30. The highest BCUT2D eigenvalue weighted by Crippen LogP contribution is 2.40. The minimum Gasteiger partial charge on any atom is -0.497 e. The van der Waals surface area contributed by atoms with Gasteiger partial charge in [-0.1, -0.05) is 0 Å². The van der Waals surface area contributed by atoms with E-state index in [2.05, 4.69) is 5.32 Å². The number of benzene rings is 2. The molecule has 1 N–H and O–H groups in total. The SMILES string of the molecule is COc1ccc(CNC(=O)c2cn(C3CC3)c3c(OC)c(F)c(F)cc3c2=O)c(OC)c1. The second kappa shape index (κ2) is 8.49. The van der Waals surface area contributed by atoms with E-state index >= 15 is 0 Å². The molecule has 0 radical (unpaired) electrons. The Hall–Kier alpha value is -3.62. The van der Waals surface area contributed by atoms with Crippen molar-refractivity contribution in [1.29, 1.82) is 0 Å². The Kier molecular flexibility index (Phi) is 5.73. The van der Waals surface area contributed by atoms with E-state index in [9.17, 15) is 18.4 Å². The Labute approximate surface area is 182 Å². The lowest BCUT2D eigenvalue weighted by atomic mass is 10.1. The highest BCUT2D eigenvalue weighted by molar-refractivity contribution is 5.98. The van der Waals surface area contributed by atoms with Gasteiger partial charge in [0.1, 0.15) is 17.1 Å². The lowest BCUT2D eigenvalue weighted by Gasteiger charge is -2.16. The summed E-state index contributed by atoms with van der Waals surface area (Å²) >= 11 is 0. The zero-order valence-electron chi connectivity index (χ0n) is 17.8. The predicted molar refractivity (Wildman–Crippen MR) is 114 cm³/mol. The molecule has 0 aliphatic heterocycles. The second-order valence-corrected chi connectivity index (χ2v) is 7.47. The van der Waals surface area contributed by atoms with Crippen molar-refractivity contribution in [1.82, 2.24) is 9.88 Å². The third kappa shape index (κ3) is 3.74. The van der Waals surface area contributed by atoms with Crippen LogP contribution in [0.2, 0.25) is 0 Å². The quantitative estimate of drug-likeness (QED) is 0.603. The van der Waals surface area contributed by atoms with Crippen molar-refractivity contribution >= 4 is 16.8 Å². The Morgan fingerprint density at radius 3 is 2.50 bits per heavy atom. The first-order chi connectivity index (χ1) is 15.4. The third-order valence-corrected chi connectivity index (χ3v) is 5.49. The molecular formula is C23H22F2N2O5. The number of rotatable bonds is 7. The van der Waals surface area contributed by atoms with Gasteiger partial charge >= 0.3 is 0 Å². The van der Waals surface area contributed by atoms with E-state index in [1.165, 1.54) is 27.5 Å². The van der Waals surface area contributed by atoms with Crippen LogP contribution < -0.4 is 25.0 Å². The lowest BCUT2D eigenvalue weighted by Crippen LogP contribution is -2.30. The van der Waals surface area contributed by atoms with Gasteiger partial charge in [0, 0.05) is 30.4 Å². The molecule has 7 nitrogen and oxygen atoms in total. The monoisotopic (exact) mass is 444 g/mol. The topological polar surface area (TPSA) is 78.8 Å². The zero-order valence-corrected chi connectivity index (χ0v) is 17.8. The number of hydrogen-bond donors (Lipinski definition) is 1. The van der Waals surface area contributed by atoms with Crippen LogP contribution in [0, 0.1) is 11.6 Å². The number of ether oxygens (including phenoxy) is 3. The van der Waals surface area contributed by atoms with E-state index < -0.39 is 23.0 Å². The number of nitrogens with zero attached hydrogens (tertiary/aromatic N) is 1. The summed E-state index contributed by atoms with van der Waals surface area (Å²) in [5.74, 6) is -2.25. The lowest BCUT2D eigenvalue weighted by molar-refractivity contribution is 0.0949. The van der Waals surface area contributed by atoms with Crippen molar-refractivity contribution in [2.75, 3.05) is 21.3 Å². The molecule has 2 aromatic carbocycles. The molecule has 0 saturated heterocycles. The number of nitrogens with one attached hydrogen (secondary N) is 1. The van der Waals surface area contributed by atoms with Gasteiger partial charge in [-0.05, 0) is 31.0 Å². The van der Waals surface area contributed by atoms with Gasteiger partial charge in [-0.2, -0.15) is 4.39 Å². The van der Waals surface area contributed by atoms with Gasteiger partial charge in [-0.3, -0.25) is 9.59 Å². The Morgan fingerprint density at radius 2 is 1.88 bits per heavy atom. The van der Waals surface area contributed by atoms with Crippen LogP contribution in [0.1, 0.15) is 34.8 Å². The number of pyridine rings is 1. The summed E-state index contributed by atoms with van der Waals surface area (Å²) in [5, 5.41) is 2.59. The fourth-order valence-electron chi connectivity index (χ4n) is 3.69. The van der Waals surface area contributed by atoms with Crippen LogP contribution in [0.5, 0.6) is 17.2 Å².